The lowest BCUT2D eigenvalue weighted by molar-refractivity contribution is -0.863. The fraction of sp³-hybridized carbons (Fsp3) is 0.619. The van der Waals surface area contributed by atoms with Gasteiger partial charge in [-0.1, -0.05) is 65.5 Å². The van der Waals surface area contributed by atoms with Crippen LogP contribution in [-0.4, -0.2) is 118 Å². The Kier molecular flexibility index (Phi) is 26.4. The molecule has 0 bridgehead atoms. The number of carbonyl (C=O) groups is 2. The summed E-state index contributed by atoms with van der Waals surface area (Å²) in [4.78, 5) is 31.4. The van der Waals surface area contributed by atoms with E-state index < -0.39 is 11.9 Å². The third-order valence-electron chi connectivity index (χ3n) is 9.20. The average Bonchev–Trinajstić information content (AvgIpc) is 3.43. The molecule has 55 heavy (non-hydrogen) atoms. The molecule has 2 aromatic carbocycles. The minimum Gasteiger partial charge on any atom is -0.857 e. The standard InChI is InChI=1S/C42H65N5O5.3ClH/c1-8-12-22-45(23-13-9-2)26-16-28-51-41(49)33-18-20-35-36-21-19-34(42(50)52-29-17-27-46(24-14-10-3)25-15-11-4)31-38(36)40(37(35)30-33)44-43-39(48)32-47(5,6)7;;;/h18-21,30-31H,8-17,22-29,32H2,1-7H3;3*1H. The summed E-state index contributed by atoms with van der Waals surface area (Å²) in [7, 11) is 5.75. The van der Waals surface area contributed by atoms with Crippen LogP contribution in [0.5, 0.6) is 0 Å². The molecule has 0 fully saturated rings. The molecule has 1 aliphatic rings. The monoisotopic (exact) mass is 827 g/mol. The molecule has 0 saturated carbocycles. The highest BCUT2D eigenvalue weighted by Crippen LogP contribution is 2.38. The van der Waals surface area contributed by atoms with Crippen LogP contribution in [0.1, 0.15) is 124 Å². The maximum Gasteiger partial charge on any atom is 0.338 e. The molecule has 0 amide bonds. The number of nitrogens with zero attached hydrogens (tertiary/aromatic N) is 5. The predicted molar refractivity (Wildman–Crippen MR) is 232 cm³/mol. The number of fused-ring (bicyclic) bond motifs is 3. The van der Waals surface area contributed by atoms with Crippen molar-refractivity contribution in [3.05, 3.63) is 58.7 Å². The SMILES string of the molecule is CCCCN(CCCC)CCCOC(=O)c1ccc2c(c1)C(=N/N=C(\[O-])C[N+](C)(C)C)c1cc(C(=O)OCCCN(CCCC)CCCC)ccc1-2.Cl.Cl.Cl. The van der Waals surface area contributed by atoms with E-state index in [9.17, 15) is 14.7 Å². The van der Waals surface area contributed by atoms with Gasteiger partial charge in [0.15, 0.2) is 0 Å². The Balaban J connectivity index is 0.00000972. The molecule has 0 atom stereocenters. The molecule has 312 valence electrons. The lowest BCUT2D eigenvalue weighted by Crippen LogP contribution is -2.43. The number of halogens is 3. The fourth-order valence-electron chi connectivity index (χ4n) is 6.27. The van der Waals surface area contributed by atoms with Gasteiger partial charge in [0, 0.05) is 30.1 Å². The summed E-state index contributed by atoms with van der Waals surface area (Å²) in [6, 6.07) is 10.8. The van der Waals surface area contributed by atoms with Crippen LogP contribution in [0.3, 0.4) is 0 Å². The van der Waals surface area contributed by atoms with Crippen LogP contribution < -0.4 is 5.11 Å². The molecule has 10 nitrogen and oxygen atoms in total. The molecule has 0 aromatic heterocycles. The third kappa shape index (κ3) is 17.9. The highest BCUT2D eigenvalue weighted by molar-refractivity contribution is 6.25. The lowest BCUT2D eigenvalue weighted by Gasteiger charge is -2.26. The van der Waals surface area contributed by atoms with Crippen molar-refractivity contribution in [2.45, 2.75) is 91.9 Å². The van der Waals surface area contributed by atoms with Gasteiger partial charge in [-0.2, -0.15) is 10.2 Å². The number of hydrogen-bond acceptors (Lipinski definition) is 9. The number of carbonyl (C=O) groups excluding carboxylic acids is 2. The molecule has 0 aliphatic heterocycles. The number of esters is 2. The quantitative estimate of drug-likeness (QED) is 0.0213. The number of unbranched alkanes of at least 4 members (excludes halogenated alkanes) is 4. The smallest absolute Gasteiger partial charge is 0.338 e. The summed E-state index contributed by atoms with van der Waals surface area (Å²) >= 11 is 0. The summed E-state index contributed by atoms with van der Waals surface area (Å²) in [5, 5.41) is 21.3. The van der Waals surface area contributed by atoms with Crippen LogP contribution in [0.2, 0.25) is 0 Å². The van der Waals surface area contributed by atoms with E-state index in [-0.39, 0.29) is 49.7 Å². The van der Waals surface area contributed by atoms with Crippen molar-refractivity contribution >= 4 is 60.8 Å². The second-order valence-electron chi connectivity index (χ2n) is 15.0. The number of hydrogen-bond donors (Lipinski definition) is 0. The number of benzene rings is 2. The second-order valence-corrected chi connectivity index (χ2v) is 15.0. The molecule has 2 aromatic rings. The first-order chi connectivity index (χ1) is 25.0. The first-order valence-corrected chi connectivity index (χ1v) is 19.7. The third-order valence-corrected chi connectivity index (χ3v) is 9.20. The van der Waals surface area contributed by atoms with Crippen molar-refractivity contribution < 1.29 is 28.7 Å². The highest BCUT2D eigenvalue weighted by Gasteiger charge is 2.28. The van der Waals surface area contributed by atoms with E-state index in [1.54, 1.807) is 24.3 Å². The Morgan fingerprint density at radius 1 is 0.600 bits per heavy atom. The molecule has 0 radical (unpaired) electrons. The van der Waals surface area contributed by atoms with Crippen molar-refractivity contribution in [1.29, 1.82) is 0 Å². The Morgan fingerprint density at radius 3 is 1.31 bits per heavy atom. The number of rotatable bonds is 25. The molecule has 0 spiro atoms. The summed E-state index contributed by atoms with van der Waals surface area (Å²) in [6.45, 7) is 15.7. The van der Waals surface area contributed by atoms with Gasteiger partial charge in [0.25, 0.3) is 0 Å². The van der Waals surface area contributed by atoms with Crippen LogP contribution in [0.15, 0.2) is 46.6 Å². The van der Waals surface area contributed by atoms with E-state index in [1.165, 1.54) is 0 Å². The van der Waals surface area contributed by atoms with Crippen molar-refractivity contribution in [3.8, 4) is 11.1 Å². The number of likely N-dealkylation sites (N-methyl/N-ethyl adjacent to an activating group) is 1. The molecule has 0 heterocycles. The van der Waals surface area contributed by atoms with Gasteiger partial charge >= 0.3 is 11.9 Å². The molecular weight excluding hydrogens is 761 g/mol. The zero-order valence-electron chi connectivity index (χ0n) is 34.4. The van der Waals surface area contributed by atoms with Crippen molar-refractivity contribution in [2.75, 3.05) is 80.2 Å². The topological polar surface area (TPSA) is 107 Å². The van der Waals surface area contributed by atoms with Crippen LogP contribution >= 0.6 is 37.2 Å². The van der Waals surface area contributed by atoms with Crippen LogP contribution in [-0.2, 0) is 9.47 Å². The molecule has 0 saturated heterocycles. The zero-order chi connectivity index (χ0) is 37.9. The first-order valence-electron chi connectivity index (χ1n) is 19.7. The molecule has 0 unspecified atom stereocenters. The van der Waals surface area contributed by atoms with Gasteiger partial charge in [0.1, 0.15) is 12.3 Å². The number of ether oxygens (including phenoxy) is 2. The van der Waals surface area contributed by atoms with Crippen molar-refractivity contribution in [1.82, 2.24) is 9.80 Å². The van der Waals surface area contributed by atoms with Gasteiger partial charge in [-0.05, 0) is 100 Å². The molecule has 0 N–H and O–H groups in total. The normalized spacial score (nSPS) is 12.0. The summed E-state index contributed by atoms with van der Waals surface area (Å²) in [5.74, 6) is -1.17. The van der Waals surface area contributed by atoms with E-state index in [4.69, 9.17) is 9.47 Å². The summed E-state index contributed by atoms with van der Waals surface area (Å²) in [6.07, 6.45) is 10.8. The minimum atomic E-state index is -0.406. The Labute approximate surface area is 349 Å². The Morgan fingerprint density at radius 2 is 0.964 bits per heavy atom. The summed E-state index contributed by atoms with van der Waals surface area (Å²) < 4.78 is 11.8. The maximum atomic E-state index is 13.2. The van der Waals surface area contributed by atoms with Crippen LogP contribution in [0.25, 0.3) is 11.1 Å². The fourth-order valence-corrected chi connectivity index (χ4v) is 6.27. The van der Waals surface area contributed by atoms with Gasteiger partial charge in [0.2, 0.25) is 0 Å². The van der Waals surface area contributed by atoms with E-state index in [1.807, 2.05) is 33.3 Å². The molecule has 13 heteroatoms. The largest absolute Gasteiger partial charge is 0.857 e. The first kappa shape index (κ1) is 52.3. The molecular formula is C42H68Cl3N5O5. The summed E-state index contributed by atoms with van der Waals surface area (Å²) in [5.41, 5.74) is 4.27. The van der Waals surface area contributed by atoms with Crippen molar-refractivity contribution in [2.24, 2.45) is 10.2 Å². The minimum absolute atomic E-state index is 0. The zero-order valence-corrected chi connectivity index (χ0v) is 36.9. The number of quaternary nitrogens is 1. The Bertz CT molecular complexity index is 1390. The van der Waals surface area contributed by atoms with E-state index >= 15 is 0 Å². The predicted octanol–water partition coefficient (Wildman–Crippen LogP) is 8.05. The second kappa shape index (κ2) is 27.8. The van der Waals surface area contributed by atoms with Gasteiger partial charge in [-0.25, -0.2) is 9.59 Å². The lowest BCUT2D eigenvalue weighted by atomic mass is 10.0. The molecule has 3 rings (SSSR count). The van der Waals surface area contributed by atoms with Crippen LogP contribution in [0, 0.1) is 0 Å². The molecule has 1 aliphatic carbocycles. The van der Waals surface area contributed by atoms with E-state index in [2.05, 4.69) is 47.7 Å². The Hall–Kier alpha value is -2.73. The highest BCUT2D eigenvalue weighted by atomic mass is 35.5. The van der Waals surface area contributed by atoms with E-state index in [0.29, 0.717) is 45.7 Å². The maximum absolute atomic E-state index is 13.2. The van der Waals surface area contributed by atoms with Gasteiger partial charge in [-0.3, -0.25) is 0 Å². The van der Waals surface area contributed by atoms with Gasteiger partial charge in [-0.15, -0.1) is 37.2 Å². The van der Waals surface area contributed by atoms with E-state index in [0.717, 1.165) is 115 Å². The van der Waals surface area contributed by atoms with Crippen molar-refractivity contribution in [3.63, 3.8) is 0 Å². The van der Waals surface area contributed by atoms with Gasteiger partial charge < -0.3 is 28.9 Å². The average molecular weight is 829 g/mol. The van der Waals surface area contributed by atoms with Gasteiger partial charge in [0.05, 0.1) is 45.5 Å². The van der Waals surface area contributed by atoms with Crippen LogP contribution in [0.4, 0.5) is 0 Å².